The highest BCUT2D eigenvalue weighted by molar-refractivity contribution is 6.09. The van der Waals surface area contributed by atoms with E-state index in [1.54, 1.807) is 24.3 Å². The zero-order chi connectivity index (χ0) is 28.4. The number of carbonyl (C=O) groups excluding carboxylic acids is 2. The first-order valence-electron chi connectivity index (χ1n) is 12.6. The van der Waals surface area contributed by atoms with E-state index in [1.807, 2.05) is 30.3 Å². The molecule has 2 amide bonds. The van der Waals surface area contributed by atoms with Gasteiger partial charge in [-0.05, 0) is 29.3 Å². The van der Waals surface area contributed by atoms with Crippen LogP contribution in [0.4, 0.5) is 11.4 Å². The third-order valence-corrected chi connectivity index (χ3v) is 7.61. The third-order valence-electron chi connectivity index (χ3n) is 7.61. The van der Waals surface area contributed by atoms with E-state index in [-0.39, 0.29) is 30.8 Å². The second-order valence-corrected chi connectivity index (χ2v) is 9.82. The first-order chi connectivity index (χ1) is 19.3. The maximum atomic E-state index is 13.8. The Labute approximate surface area is 229 Å². The van der Waals surface area contributed by atoms with Crippen LogP contribution in [0.1, 0.15) is 22.7 Å². The second-order valence-electron chi connectivity index (χ2n) is 9.82. The lowest BCUT2D eigenvalue weighted by atomic mass is 9.76. The summed E-state index contributed by atoms with van der Waals surface area (Å²) in [6.07, 6.45) is -0.207. The van der Waals surface area contributed by atoms with Gasteiger partial charge in [0.1, 0.15) is 5.54 Å². The van der Waals surface area contributed by atoms with Crippen molar-refractivity contribution in [1.82, 2.24) is 10.2 Å². The second kappa shape index (κ2) is 10.6. The molecule has 0 aromatic heterocycles. The number of carboxylic acids is 1. The third kappa shape index (κ3) is 4.54. The number of nitro benzene ring substituents is 1. The van der Waals surface area contributed by atoms with Gasteiger partial charge < -0.3 is 10.4 Å². The predicted octanol–water partition coefficient (Wildman–Crippen LogP) is 2.89. The van der Waals surface area contributed by atoms with Crippen LogP contribution in [-0.4, -0.2) is 51.3 Å². The Kier molecular flexibility index (Phi) is 7.02. The summed E-state index contributed by atoms with van der Waals surface area (Å²) in [5.74, 6) is -4.78. The highest BCUT2D eigenvalue weighted by Gasteiger charge is 2.68. The molecule has 11 heteroatoms. The lowest BCUT2D eigenvalue weighted by Crippen LogP contribution is -2.57. The van der Waals surface area contributed by atoms with Gasteiger partial charge in [0.15, 0.2) is 0 Å². The Hall–Kier alpha value is -5.08. The normalized spacial score (nSPS) is 23.5. The Morgan fingerprint density at radius 1 is 1.05 bits per heavy atom. The molecular weight excluding hydrogens is 514 g/mol. The molecule has 0 saturated carbocycles. The average molecular weight is 540 g/mol. The molecule has 0 bridgehead atoms. The number of likely N-dealkylation sites (tertiary alicyclic amines) is 1. The van der Waals surface area contributed by atoms with Crippen LogP contribution in [0, 0.1) is 33.3 Å². The molecule has 2 aliphatic heterocycles. The van der Waals surface area contributed by atoms with Crippen LogP contribution in [0.25, 0.3) is 0 Å². The minimum Gasteiger partial charge on any atom is -0.480 e. The minimum atomic E-state index is -1.90. The standard InChI is InChI=1S/C29H25N5O6/c30-17-19-6-4-5-9-22(19)25-23-24(27(36)33(26(23)35)15-14-31-20-7-2-1-3-8-20)29(32-25,28(37)38)16-18-10-12-21(13-11-18)34(39)40/h1-13,23-25,31-32H,14-16H2,(H,37,38). The minimum absolute atomic E-state index is 0.0272. The first-order valence-corrected chi connectivity index (χ1v) is 12.6. The maximum Gasteiger partial charge on any atom is 0.325 e. The van der Waals surface area contributed by atoms with Gasteiger partial charge in [-0.1, -0.05) is 48.5 Å². The molecule has 2 fully saturated rings. The summed E-state index contributed by atoms with van der Waals surface area (Å²) < 4.78 is 0. The van der Waals surface area contributed by atoms with Crippen molar-refractivity contribution < 1.29 is 24.4 Å². The van der Waals surface area contributed by atoms with Gasteiger partial charge in [-0.25, -0.2) is 0 Å². The fourth-order valence-electron chi connectivity index (χ4n) is 5.78. The van der Waals surface area contributed by atoms with Crippen LogP contribution in [0.3, 0.4) is 0 Å². The Morgan fingerprint density at radius 2 is 1.73 bits per heavy atom. The number of imide groups is 1. The van der Waals surface area contributed by atoms with Crippen molar-refractivity contribution in [2.75, 3.05) is 18.4 Å². The SMILES string of the molecule is N#Cc1ccccc1C1NC(Cc2ccc([N+](=O)[O-])cc2)(C(=O)O)C2C(=O)N(CCNc3ccccc3)C(=O)C12. The number of nitriles is 1. The Morgan fingerprint density at radius 3 is 2.38 bits per heavy atom. The van der Waals surface area contributed by atoms with E-state index in [0.29, 0.717) is 11.1 Å². The molecule has 3 aromatic rings. The molecule has 2 heterocycles. The van der Waals surface area contributed by atoms with E-state index in [0.717, 1.165) is 10.6 Å². The zero-order valence-electron chi connectivity index (χ0n) is 21.2. The fraction of sp³-hybridized carbons (Fsp3) is 0.241. The molecule has 40 heavy (non-hydrogen) atoms. The molecule has 5 rings (SSSR count). The molecule has 3 N–H and O–H groups in total. The molecule has 4 unspecified atom stereocenters. The Bertz CT molecular complexity index is 1520. The number of nitrogens with one attached hydrogen (secondary N) is 2. The molecule has 202 valence electrons. The van der Waals surface area contributed by atoms with Gasteiger partial charge in [-0.2, -0.15) is 5.26 Å². The van der Waals surface area contributed by atoms with Crippen molar-refractivity contribution in [3.63, 3.8) is 0 Å². The molecule has 0 aliphatic carbocycles. The number of non-ortho nitro benzene ring substituents is 1. The summed E-state index contributed by atoms with van der Waals surface area (Å²) in [6.45, 7) is 0.287. The van der Waals surface area contributed by atoms with Gasteiger partial charge in [0.05, 0.1) is 28.4 Å². The number of hydrogen-bond acceptors (Lipinski definition) is 8. The van der Waals surface area contributed by atoms with Crippen molar-refractivity contribution in [2.24, 2.45) is 11.8 Å². The number of carbonyl (C=O) groups is 3. The number of aliphatic carboxylic acids is 1. The summed E-state index contributed by atoms with van der Waals surface area (Å²) in [5, 5.41) is 37.7. The zero-order valence-corrected chi connectivity index (χ0v) is 21.2. The Balaban J connectivity index is 1.53. The quantitative estimate of drug-likeness (QED) is 0.210. The van der Waals surface area contributed by atoms with Gasteiger partial charge in [0.25, 0.3) is 5.69 Å². The van der Waals surface area contributed by atoms with E-state index in [9.17, 15) is 34.9 Å². The van der Waals surface area contributed by atoms with Crippen LogP contribution in [0.5, 0.6) is 0 Å². The van der Waals surface area contributed by atoms with Gasteiger partial charge in [-0.3, -0.25) is 34.7 Å². The lowest BCUT2D eigenvalue weighted by Gasteiger charge is -2.31. The summed E-state index contributed by atoms with van der Waals surface area (Å²) in [5.41, 5.74) is -0.116. The molecule has 0 spiro atoms. The van der Waals surface area contributed by atoms with E-state index in [4.69, 9.17) is 0 Å². The van der Waals surface area contributed by atoms with Gasteiger partial charge in [0, 0.05) is 43.4 Å². The monoisotopic (exact) mass is 539 g/mol. The van der Waals surface area contributed by atoms with Gasteiger partial charge in [-0.15, -0.1) is 0 Å². The fourth-order valence-corrected chi connectivity index (χ4v) is 5.78. The van der Waals surface area contributed by atoms with Crippen LogP contribution in [-0.2, 0) is 20.8 Å². The highest BCUT2D eigenvalue weighted by Crippen LogP contribution is 2.50. The molecule has 0 radical (unpaired) electrons. The number of amides is 2. The van der Waals surface area contributed by atoms with Crippen molar-refractivity contribution in [3.05, 3.63) is 106 Å². The lowest BCUT2D eigenvalue weighted by molar-refractivity contribution is -0.384. The highest BCUT2D eigenvalue weighted by atomic mass is 16.6. The van der Waals surface area contributed by atoms with E-state index in [1.165, 1.54) is 24.3 Å². The van der Waals surface area contributed by atoms with Crippen molar-refractivity contribution in [1.29, 1.82) is 5.26 Å². The van der Waals surface area contributed by atoms with Crippen LogP contribution < -0.4 is 10.6 Å². The first kappa shape index (κ1) is 26.5. The van der Waals surface area contributed by atoms with Crippen molar-refractivity contribution in [3.8, 4) is 6.07 Å². The summed E-state index contributed by atoms with van der Waals surface area (Å²) in [4.78, 5) is 52.3. The van der Waals surface area contributed by atoms with Gasteiger partial charge in [0.2, 0.25) is 11.8 Å². The summed E-state index contributed by atoms with van der Waals surface area (Å²) in [7, 11) is 0. The van der Waals surface area contributed by atoms with E-state index in [2.05, 4.69) is 16.7 Å². The van der Waals surface area contributed by atoms with Crippen LogP contribution >= 0.6 is 0 Å². The molecule has 3 aromatic carbocycles. The topological polar surface area (TPSA) is 166 Å². The number of carboxylic acid groups (broad SMARTS) is 1. The van der Waals surface area contributed by atoms with Crippen LogP contribution in [0.2, 0.25) is 0 Å². The van der Waals surface area contributed by atoms with Gasteiger partial charge >= 0.3 is 5.97 Å². The number of fused-ring (bicyclic) bond motifs is 1. The largest absolute Gasteiger partial charge is 0.480 e. The van der Waals surface area contributed by atoms with Crippen LogP contribution in [0.15, 0.2) is 78.9 Å². The van der Waals surface area contributed by atoms with Crippen molar-refractivity contribution in [2.45, 2.75) is 18.0 Å². The molecular formula is C29H25N5O6. The summed E-state index contributed by atoms with van der Waals surface area (Å²) >= 11 is 0. The summed E-state index contributed by atoms with van der Waals surface area (Å²) in [6, 6.07) is 22.4. The predicted molar refractivity (Wildman–Crippen MR) is 143 cm³/mol. The maximum absolute atomic E-state index is 13.8. The van der Waals surface area contributed by atoms with E-state index >= 15 is 0 Å². The number of anilines is 1. The van der Waals surface area contributed by atoms with E-state index < -0.39 is 46.1 Å². The molecule has 4 atom stereocenters. The molecule has 2 saturated heterocycles. The number of para-hydroxylation sites is 1. The average Bonchev–Trinajstić information content (AvgIpc) is 3.43. The number of nitro groups is 1. The number of benzene rings is 3. The number of rotatable bonds is 9. The molecule has 2 aliphatic rings. The molecule has 11 nitrogen and oxygen atoms in total. The number of hydrogen-bond donors (Lipinski definition) is 3. The van der Waals surface area contributed by atoms with Crippen molar-refractivity contribution >= 4 is 29.2 Å². The number of nitrogens with zero attached hydrogens (tertiary/aromatic N) is 3. The smallest absolute Gasteiger partial charge is 0.325 e.